The van der Waals surface area contributed by atoms with Gasteiger partial charge in [-0.3, -0.25) is 4.99 Å². The molecule has 0 radical (unpaired) electrons. The van der Waals surface area contributed by atoms with Crippen LogP contribution in [0.25, 0.3) is 10.2 Å². The number of aliphatic imine (C=N–C) groups is 1. The molecule has 0 saturated carbocycles. The molecule has 7 heteroatoms. The number of aromatic hydroxyl groups is 1. The Morgan fingerprint density at radius 1 is 1.19 bits per heavy atom. The number of fused-ring (bicyclic) bond motifs is 1. The Kier molecular flexibility index (Phi) is 13.1. The fourth-order valence-corrected chi connectivity index (χ4v) is 3.87. The highest BCUT2D eigenvalue weighted by Crippen LogP contribution is 2.28. The van der Waals surface area contributed by atoms with E-state index in [4.69, 9.17) is 10.5 Å². The Labute approximate surface area is 190 Å². The lowest BCUT2D eigenvalue weighted by atomic mass is 9.98. The zero-order valence-electron chi connectivity index (χ0n) is 18.9. The van der Waals surface area contributed by atoms with E-state index < -0.39 is 0 Å². The third-order valence-corrected chi connectivity index (χ3v) is 5.72. The van der Waals surface area contributed by atoms with E-state index in [9.17, 15) is 5.11 Å². The average molecular weight is 445 g/mol. The highest BCUT2D eigenvalue weighted by Gasteiger charge is 2.15. The van der Waals surface area contributed by atoms with Crippen molar-refractivity contribution in [2.45, 2.75) is 65.5 Å². The Morgan fingerprint density at radius 2 is 1.90 bits per heavy atom. The molecule has 4 N–H and O–H groups in total. The number of benzene rings is 1. The number of phenolic OH excluding ortho intramolecular Hbond substituents is 1. The summed E-state index contributed by atoms with van der Waals surface area (Å²) in [6, 6.07) is 5.16. The van der Waals surface area contributed by atoms with Gasteiger partial charge < -0.3 is 21.0 Å². The second-order valence-corrected chi connectivity index (χ2v) is 8.25. The summed E-state index contributed by atoms with van der Waals surface area (Å²) in [5.74, 6) is 0.541. The summed E-state index contributed by atoms with van der Waals surface area (Å²) in [6.45, 7) is 8.60. The quantitative estimate of drug-likeness (QED) is 0.431. The van der Waals surface area contributed by atoms with Crippen molar-refractivity contribution in [1.82, 2.24) is 4.98 Å². The van der Waals surface area contributed by atoms with Crippen LogP contribution < -0.4 is 11.1 Å². The molecule has 2 heterocycles. The van der Waals surface area contributed by atoms with E-state index in [0.717, 1.165) is 27.3 Å². The number of carbonyl (C=O) groups excluding carboxylic acids is 1. The summed E-state index contributed by atoms with van der Waals surface area (Å²) in [7, 11) is 0. The van der Waals surface area contributed by atoms with E-state index in [2.05, 4.69) is 42.1 Å². The molecule has 0 saturated heterocycles. The second-order valence-electron chi connectivity index (χ2n) is 7.22. The number of anilines is 1. The fraction of sp³-hybridized carbons (Fsp3) is 0.458. The largest absolute Gasteiger partial charge is 0.508 e. The predicted octanol–water partition coefficient (Wildman–Crippen LogP) is 6.04. The van der Waals surface area contributed by atoms with E-state index in [1.165, 1.54) is 43.4 Å². The average Bonchev–Trinajstić information content (AvgIpc) is 3.19. The molecule has 1 aliphatic heterocycles. The first kappa shape index (κ1) is 26.5. The molecule has 0 spiro atoms. The number of allylic oxidation sites excluding steroid dienone is 2. The molecule has 0 bridgehead atoms. The zero-order chi connectivity index (χ0) is 23.1. The monoisotopic (exact) mass is 444 g/mol. The van der Waals surface area contributed by atoms with Gasteiger partial charge in [0.1, 0.15) is 18.7 Å². The molecule has 170 valence electrons. The van der Waals surface area contributed by atoms with Crippen molar-refractivity contribution >= 4 is 39.7 Å². The van der Waals surface area contributed by atoms with Crippen molar-refractivity contribution in [1.29, 1.82) is 0 Å². The third-order valence-electron chi connectivity index (χ3n) is 4.77. The maximum Gasteiger partial charge on any atom is 0.187 e. The van der Waals surface area contributed by atoms with Crippen LogP contribution >= 0.6 is 11.3 Å². The molecule has 1 aliphatic rings. The van der Waals surface area contributed by atoms with Crippen molar-refractivity contribution < 1.29 is 9.90 Å². The highest BCUT2D eigenvalue weighted by molar-refractivity contribution is 7.22. The van der Waals surface area contributed by atoms with Gasteiger partial charge in [0, 0.05) is 18.3 Å². The Bertz CT molecular complexity index is 856. The maximum atomic E-state index is 9.47. The van der Waals surface area contributed by atoms with Gasteiger partial charge in [0.25, 0.3) is 0 Å². The van der Waals surface area contributed by atoms with Gasteiger partial charge in [0.05, 0.1) is 10.2 Å². The first-order chi connectivity index (χ1) is 15.1. The van der Waals surface area contributed by atoms with E-state index >= 15 is 0 Å². The van der Waals surface area contributed by atoms with Crippen LogP contribution in [0.4, 0.5) is 5.13 Å². The van der Waals surface area contributed by atoms with Crippen molar-refractivity contribution in [2.24, 2.45) is 16.6 Å². The lowest BCUT2D eigenvalue weighted by Crippen LogP contribution is -2.28. The van der Waals surface area contributed by atoms with Crippen molar-refractivity contribution in [3.05, 3.63) is 42.1 Å². The predicted molar refractivity (Wildman–Crippen MR) is 134 cm³/mol. The molecular formula is C24H36N4O2S. The molecule has 1 aromatic carbocycles. The van der Waals surface area contributed by atoms with Crippen molar-refractivity contribution in [3.63, 3.8) is 0 Å². The van der Waals surface area contributed by atoms with Crippen molar-refractivity contribution in [2.75, 3.05) is 5.32 Å². The van der Waals surface area contributed by atoms with Gasteiger partial charge >= 0.3 is 0 Å². The molecular weight excluding hydrogens is 408 g/mol. The number of hydrogen-bond donors (Lipinski definition) is 3. The third kappa shape index (κ3) is 9.44. The lowest BCUT2D eigenvalue weighted by molar-refractivity contribution is -0.0979. The first-order valence-corrected chi connectivity index (χ1v) is 11.7. The minimum atomic E-state index is -0.132. The number of phenols is 1. The molecule has 3 rings (SSSR count). The Morgan fingerprint density at radius 3 is 2.55 bits per heavy atom. The van der Waals surface area contributed by atoms with Crippen molar-refractivity contribution in [3.8, 4) is 5.75 Å². The summed E-state index contributed by atoms with van der Waals surface area (Å²) in [4.78, 5) is 16.7. The topological polar surface area (TPSA) is 101 Å². The molecule has 0 aliphatic carbocycles. The number of nitrogens with zero attached hydrogens (tertiary/aromatic N) is 2. The number of nitrogens with one attached hydrogen (secondary N) is 1. The van der Waals surface area contributed by atoms with Gasteiger partial charge in [-0.2, -0.15) is 0 Å². The smallest absolute Gasteiger partial charge is 0.187 e. The Balaban J connectivity index is 0.000000457. The molecule has 2 aromatic rings. The number of hydrogen-bond acceptors (Lipinski definition) is 7. The van der Waals surface area contributed by atoms with Crippen LogP contribution in [-0.2, 0) is 4.79 Å². The summed E-state index contributed by atoms with van der Waals surface area (Å²) in [5, 5.41) is 13.4. The van der Waals surface area contributed by atoms with E-state index in [1.807, 2.05) is 19.1 Å². The van der Waals surface area contributed by atoms with Gasteiger partial charge in [-0.15, -0.1) is 0 Å². The zero-order valence-corrected chi connectivity index (χ0v) is 19.7. The SMILES string of the molecule is C=O.CCC1C=C(/C=C/Nc2nc3ccc(O)cc3s2)C=NC1N.CCCCCCC. The molecule has 6 nitrogen and oxygen atoms in total. The summed E-state index contributed by atoms with van der Waals surface area (Å²) in [5.41, 5.74) is 7.83. The number of unbranched alkanes of at least 4 members (excludes halogenated alkanes) is 4. The molecule has 2 unspecified atom stereocenters. The van der Waals surface area contributed by atoms with E-state index in [1.54, 1.807) is 24.4 Å². The van der Waals surface area contributed by atoms with Gasteiger partial charge in [-0.25, -0.2) is 4.98 Å². The fourth-order valence-electron chi connectivity index (χ4n) is 2.99. The van der Waals surface area contributed by atoms with Gasteiger partial charge in [0.15, 0.2) is 5.13 Å². The minimum absolute atomic E-state index is 0.132. The molecule has 0 fully saturated rings. The van der Waals surface area contributed by atoms with Gasteiger partial charge in [-0.05, 0) is 36.3 Å². The first-order valence-electron chi connectivity index (χ1n) is 10.9. The van der Waals surface area contributed by atoms with E-state index in [0.29, 0.717) is 0 Å². The summed E-state index contributed by atoms with van der Waals surface area (Å²) >= 11 is 1.50. The Hall–Kier alpha value is -2.51. The normalized spacial score (nSPS) is 17.5. The standard InChI is InChI=1S/C16H18N4OS.C7H16.CH2O/c1-2-11-7-10(9-19-15(11)17)5-6-18-16-20-13-4-3-12(21)8-14(13)22-16;1-3-5-7-6-4-2;1-2/h3-9,11,15,21H,2,17H2,1H3,(H,18,20);3-7H2,1-2H3;1H2/b6-5+;;. The van der Waals surface area contributed by atoms with Crippen LogP contribution in [-0.4, -0.2) is 29.3 Å². The molecule has 2 atom stereocenters. The number of thiazole rings is 1. The van der Waals surface area contributed by atoms with Crippen LogP contribution in [0.1, 0.15) is 59.3 Å². The number of dihydropyridines is 1. The van der Waals surface area contributed by atoms with Crippen LogP contribution in [0.2, 0.25) is 0 Å². The van der Waals surface area contributed by atoms with E-state index in [-0.39, 0.29) is 17.8 Å². The number of aromatic nitrogens is 1. The maximum absolute atomic E-state index is 9.47. The molecule has 1 aromatic heterocycles. The van der Waals surface area contributed by atoms with Crippen LogP contribution in [0.5, 0.6) is 5.75 Å². The van der Waals surface area contributed by atoms with Crippen LogP contribution in [0.3, 0.4) is 0 Å². The number of carbonyl (C=O) groups is 1. The summed E-state index contributed by atoms with van der Waals surface area (Å²) in [6.07, 6.45) is 15.6. The van der Waals surface area contributed by atoms with Crippen LogP contribution in [0, 0.1) is 5.92 Å². The highest BCUT2D eigenvalue weighted by atomic mass is 32.1. The number of nitrogens with two attached hydrogens (primary N) is 1. The summed E-state index contributed by atoms with van der Waals surface area (Å²) < 4.78 is 0.950. The molecule has 0 amide bonds. The van der Waals surface area contributed by atoms with Gasteiger partial charge in [-0.1, -0.05) is 70.3 Å². The molecule has 31 heavy (non-hydrogen) atoms. The van der Waals surface area contributed by atoms with Crippen LogP contribution in [0.15, 0.2) is 47.1 Å². The lowest BCUT2D eigenvalue weighted by Gasteiger charge is -2.19. The number of rotatable bonds is 8. The van der Waals surface area contributed by atoms with Gasteiger partial charge in [0.2, 0.25) is 0 Å². The minimum Gasteiger partial charge on any atom is -0.508 e. The second kappa shape index (κ2) is 15.3.